The Bertz CT molecular complexity index is 445. The maximum Gasteiger partial charge on any atom is 1.00 e. The van der Waals surface area contributed by atoms with Crippen molar-refractivity contribution in [1.29, 1.82) is 0 Å². The molecule has 0 aliphatic rings. The van der Waals surface area contributed by atoms with E-state index in [0.29, 0.717) is 12.8 Å². The van der Waals surface area contributed by atoms with Crippen LogP contribution in [0.15, 0.2) is 24.3 Å². The number of aliphatic carboxylic acids is 2. The zero-order chi connectivity index (χ0) is 19.1. The van der Waals surface area contributed by atoms with Crippen molar-refractivity contribution >= 4 is 23.9 Å². The predicted octanol–water partition coefficient (Wildman–Crippen LogP) is -6.72. The fourth-order valence-electron chi connectivity index (χ4n) is 1.09. The Hall–Kier alpha value is -0.640. The van der Waals surface area contributed by atoms with Crippen LogP contribution in [0, 0.1) is 0 Å². The molecule has 0 saturated heterocycles. The van der Waals surface area contributed by atoms with Crippen molar-refractivity contribution in [3.05, 3.63) is 24.3 Å². The Balaban J connectivity index is -0.000000173. The molecule has 136 valence electrons. The van der Waals surface area contributed by atoms with Crippen LogP contribution >= 0.6 is 0 Å². The fraction of sp³-hybridized carbons (Fsp3) is 0.500. The van der Waals surface area contributed by atoms with Crippen LogP contribution in [-0.2, 0) is 28.7 Å². The van der Waals surface area contributed by atoms with Crippen LogP contribution in [0.1, 0.15) is 39.5 Å². The summed E-state index contributed by atoms with van der Waals surface area (Å²) in [6.07, 6.45) is 0.458. The van der Waals surface area contributed by atoms with E-state index in [1.807, 2.05) is 13.8 Å². The quantitative estimate of drug-likeness (QED) is 0.205. The Kier molecular flexibility index (Phi) is 26.2. The van der Waals surface area contributed by atoms with Crippen molar-refractivity contribution < 1.29 is 98.0 Å². The topological polar surface area (TPSA) is 133 Å². The second kappa shape index (κ2) is 20.7. The molecular weight excluding hydrogens is 366 g/mol. The van der Waals surface area contributed by atoms with Gasteiger partial charge in [-0.2, -0.15) is 0 Å². The summed E-state index contributed by atoms with van der Waals surface area (Å²) >= 11 is 0. The van der Waals surface area contributed by atoms with Gasteiger partial charge in [-0.15, -0.1) is 0 Å². The number of carbonyl (C=O) groups excluding carboxylic acids is 4. The molecular formula is C16H22Na2O8. The molecule has 0 radical (unpaired) electrons. The van der Waals surface area contributed by atoms with Crippen LogP contribution in [-0.4, -0.2) is 37.1 Å². The zero-order valence-corrected chi connectivity index (χ0v) is 19.9. The van der Waals surface area contributed by atoms with Crippen LogP contribution in [0.25, 0.3) is 0 Å². The number of hydrogen-bond donors (Lipinski definition) is 0. The molecule has 0 aliphatic heterocycles. The fourth-order valence-corrected chi connectivity index (χ4v) is 1.09. The Morgan fingerprint density at radius 1 is 0.731 bits per heavy atom. The Labute approximate surface area is 197 Å². The first kappa shape index (κ1) is 33.0. The van der Waals surface area contributed by atoms with E-state index in [9.17, 15) is 29.4 Å². The SMILES string of the molecule is C=C(CC(=O)[O-])C(=O)OCCC.C=C(CC(=O)[O-])C(=O)OCCC.[Na+].[Na+]. The van der Waals surface area contributed by atoms with Crippen LogP contribution < -0.4 is 69.3 Å². The number of carboxylic acids is 2. The van der Waals surface area contributed by atoms with Gasteiger partial charge in [0.2, 0.25) is 0 Å². The van der Waals surface area contributed by atoms with Gasteiger partial charge < -0.3 is 29.3 Å². The minimum atomic E-state index is -1.33. The molecule has 0 amide bonds. The Morgan fingerprint density at radius 3 is 1.19 bits per heavy atom. The molecule has 0 atom stereocenters. The van der Waals surface area contributed by atoms with Crippen molar-refractivity contribution in [2.24, 2.45) is 0 Å². The average molecular weight is 388 g/mol. The molecule has 26 heavy (non-hydrogen) atoms. The Morgan fingerprint density at radius 2 is 1.00 bits per heavy atom. The van der Waals surface area contributed by atoms with Gasteiger partial charge in [0.05, 0.1) is 13.2 Å². The van der Waals surface area contributed by atoms with Gasteiger partial charge in [-0.3, -0.25) is 0 Å². The van der Waals surface area contributed by atoms with Crippen LogP contribution in [0.2, 0.25) is 0 Å². The third-order valence-electron chi connectivity index (χ3n) is 2.17. The van der Waals surface area contributed by atoms with Crippen molar-refractivity contribution in [3.8, 4) is 0 Å². The first-order chi connectivity index (χ1) is 11.1. The molecule has 0 fully saturated rings. The molecule has 0 aromatic carbocycles. The van der Waals surface area contributed by atoms with E-state index in [0.717, 1.165) is 0 Å². The van der Waals surface area contributed by atoms with Crippen molar-refractivity contribution in [3.63, 3.8) is 0 Å². The van der Waals surface area contributed by atoms with Gasteiger partial charge in [0.25, 0.3) is 0 Å². The first-order valence-corrected chi connectivity index (χ1v) is 7.25. The number of esters is 2. The maximum atomic E-state index is 10.8. The molecule has 0 unspecified atom stereocenters. The second-order valence-electron chi connectivity index (χ2n) is 4.58. The van der Waals surface area contributed by atoms with Crippen LogP contribution in [0.5, 0.6) is 0 Å². The summed E-state index contributed by atoms with van der Waals surface area (Å²) in [6, 6.07) is 0. The summed E-state index contributed by atoms with van der Waals surface area (Å²) in [4.78, 5) is 41.7. The number of rotatable bonds is 10. The minimum Gasteiger partial charge on any atom is -0.550 e. The third kappa shape index (κ3) is 21.4. The maximum absolute atomic E-state index is 10.8. The van der Waals surface area contributed by atoms with Gasteiger partial charge in [0.15, 0.2) is 0 Å². The van der Waals surface area contributed by atoms with Crippen LogP contribution in [0.4, 0.5) is 0 Å². The molecule has 0 rings (SSSR count). The number of carbonyl (C=O) groups is 4. The van der Waals surface area contributed by atoms with Gasteiger partial charge in [0.1, 0.15) is 0 Å². The van der Waals surface area contributed by atoms with Crippen molar-refractivity contribution in [2.45, 2.75) is 39.5 Å². The summed E-state index contributed by atoms with van der Waals surface area (Å²) in [5, 5.41) is 20.0. The summed E-state index contributed by atoms with van der Waals surface area (Å²) in [5.74, 6) is -3.98. The molecule has 0 saturated carbocycles. The largest absolute Gasteiger partial charge is 1.00 e. The summed E-state index contributed by atoms with van der Waals surface area (Å²) in [5.41, 5.74) is -0.160. The standard InChI is InChI=1S/2C8H12O4.2Na/c2*1-3-4-12-8(11)6(2)5-7(9)10;;/h2*2-5H2,1H3,(H,9,10);;/q;;2*+1/p-2. The van der Waals surface area contributed by atoms with Gasteiger partial charge >= 0.3 is 71.1 Å². The number of carboxylic acid groups (broad SMARTS) is 2. The van der Waals surface area contributed by atoms with E-state index < -0.39 is 36.7 Å². The second-order valence-corrected chi connectivity index (χ2v) is 4.58. The monoisotopic (exact) mass is 388 g/mol. The zero-order valence-electron chi connectivity index (χ0n) is 15.9. The summed E-state index contributed by atoms with van der Waals surface area (Å²) < 4.78 is 9.25. The molecule has 0 N–H and O–H groups in total. The minimum absolute atomic E-state index is 0. The molecule has 8 nitrogen and oxygen atoms in total. The molecule has 0 heterocycles. The summed E-state index contributed by atoms with van der Waals surface area (Å²) in [7, 11) is 0. The smallest absolute Gasteiger partial charge is 0.550 e. The van der Waals surface area contributed by atoms with Gasteiger partial charge in [-0.25, -0.2) is 9.59 Å². The van der Waals surface area contributed by atoms with E-state index in [1.165, 1.54) is 0 Å². The number of hydrogen-bond acceptors (Lipinski definition) is 8. The van der Waals surface area contributed by atoms with Gasteiger partial charge in [-0.05, 0) is 12.8 Å². The number of ether oxygens (including phenoxy) is 2. The molecule has 0 bridgehead atoms. The van der Waals surface area contributed by atoms with Gasteiger partial charge in [-0.1, -0.05) is 27.0 Å². The van der Waals surface area contributed by atoms with Crippen LogP contribution in [0.3, 0.4) is 0 Å². The predicted molar refractivity (Wildman–Crippen MR) is 80.0 cm³/mol. The van der Waals surface area contributed by atoms with Gasteiger partial charge in [0, 0.05) is 35.9 Å². The van der Waals surface area contributed by atoms with E-state index >= 15 is 0 Å². The van der Waals surface area contributed by atoms with E-state index in [-0.39, 0.29) is 83.5 Å². The van der Waals surface area contributed by atoms with Crippen molar-refractivity contribution in [1.82, 2.24) is 0 Å². The molecule has 0 aliphatic carbocycles. The molecule has 0 aromatic rings. The molecule has 10 heteroatoms. The van der Waals surface area contributed by atoms with Crippen molar-refractivity contribution in [2.75, 3.05) is 13.2 Å². The van der Waals surface area contributed by atoms with E-state index in [4.69, 9.17) is 0 Å². The summed E-state index contributed by atoms with van der Waals surface area (Å²) in [6.45, 7) is 10.8. The molecule has 0 spiro atoms. The normalized spacial score (nSPS) is 8.38. The average Bonchev–Trinajstić information content (AvgIpc) is 2.49. The van der Waals surface area contributed by atoms with E-state index in [1.54, 1.807) is 0 Å². The third-order valence-corrected chi connectivity index (χ3v) is 2.17. The first-order valence-electron chi connectivity index (χ1n) is 7.25. The van der Waals surface area contributed by atoms with E-state index in [2.05, 4.69) is 22.6 Å². The molecule has 0 aromatic heterocycles.